The first-order valence-electron chi connectivity index (χ1n) is 13.7. The Bertz CT molecular complexity index is 1700. The number of imidazole rings is 1. The number of benzene rings is 2. The van der Waals surface area contributed by atoms with Gasteiger partial charge >= 0.3 is 5.69 Å². The van der Waals surface area contributed by atoms with Crippen LogP contribution in [0.2, 0.25) is 0 Å². The molecular weight excluding hydrogens is 533 g/mol. The highest BCUT2D eigenvalue weighted by Crippen LogP contribution is 2.31. The van der Waals surface area contributed by atoms with Crippen LogP contribution in [0.1, 0.15) is 36.6 Å². The van der Waals surface area contributed by atoms with Crippen LogP contribution in [-0.4, -0.2) is 62.7 Å². The molecule has 1 saturated heterocycles. The summed E-state index contributed by atoms with van der Waals surface area (Å²) in [5.74, 6) is -0.336. The highest BCUT2D eigenvalue weighted by Gasteiger charge is 2.30. The van der Waals surface area contributed by atoms with Gasteiger partial charge in [-0.3, -0.25) is 13.8 Å². The molecule has 0 spiro atoms. The number of halogens is 1. The molecule has 2 aromatic heterocycles. The molecule has 2 N–H and O–H groups in total. The van der Waals surface area contributed by atoms with Gasteiger partial charge in [-0.2, -0.15) is 17.8 Å². The molecule has 40 heavy (non-hydrogen) atoms. The Morgan fingerprint density at radius 3 is 2.40 bits per heavy atom. The number of rotatable bonds is 7. The zero-order chi connectivity index (χ0) is 28.0. The van der Waals surface area contributed by atoms with Gasteiger partial charge in [0.25, 0.3) is 10.2 Å². The van der Waals surface area contributed by atoms with Crippen LogP contribution in [0.3, 0.4) is 0 Å². The number of aryl methyl sites for hydroxylation is 2. The maximum absolute atomic E-state index is 13.6. The van der Waals surface area contributed by atoms with Gasteiger partial charge in [-0.25, -0.2) is 14.3 Å². The molecule has 0 radical (unpaired) electrons. The number of hydrogen-bond acceptors (Lipinski definition) is 5. The molecule has 212 valence electrons. The van der Waals surface area contributed by atoms with Crippen molar-refractivity contribution < 1.29 is 12.8 Å². The minimum absolute atomic E-state index is 0.0427. The lowest BCUT2D eigenvalue weighted by molar-refractivity contribution is 0.181. The lowest BCUT2D eigenvalue weighted by atomic mass is 10.0. The Morgan fingerprint density at radius 1 is 1.00 bits per heavy atom. The Kier molecular flexibility index (Phi) is 7.11. The van der Waals surface area contributed by atoms with Crippen LogP contribution >= 0.6 is 0 Å². The second kappa shape index (κ2) is 10.6. The largest absolute Gasteiger partial charge is 0.329 e. The topological polar surface area (TPSA) is 111 Å². The highest BCUT2D eigenvalue weighted by atomic mass is 32.2. The van der Waals surface area contributed by atoms with E-state index in [2.05, 4.69) is 4.90 Å². The minimum atomic E-state index is -3.83. The number of hydrogen-bond donors (Lipinski definition) is 1. The quantitative estimate of drug-likeness (QED) is 0.369. The Morgan fingerprint density at radius 2 is 1.70 bits per heavy atom. The van der Waals surface area contributed by atoms with Gasteiger partial charge in [0.15, 0.2) is 0 Å². The summed E-state index contributed by atoms with van der Waals surface area (Å²) >= 11 is 0. The summed E-state index contributed by atoms with van der Waals surface area (Å²) in [6, 6.07) is 14.3. The van der Waals surface area contributed by atoms with E-state index in [-0.39, 0.29) is 24.1 Å². The van der Waals surface area contributed by atoms with Gasteiger partial charge in [0, 0.05) is 69.1 Å². The van der Waals surface area contributed by atoms with E-state index in [0.29, 0.717) is 25.2 Å². The van der Waals surface area contributed by atoms with E-state index in [4.69, 9.17) is 10.2 Å². The van der Waals surface area contributed by atoms with Crippen LogP contribution in [0.15, 0.2) is 53.3 Å². The molecule has 0 amide bonds. The lowest BCUT2D eigenvalue weighted by Crippen LogP contribution is -2.40. The van der Waals surface area contributed by atoms with E-state index < -0.39 is 10.2 Å². The van der Waals surface area contributed by atoms with Crippen LogP contribution in [-0.2, 0) is 36.8 Å². The number of para-hydroxylation sites is 2. The lowest BCUT2D eigenvalue weighted by Gasteiger charge is -2.32. The summed E-state index contributed by atoms with van der Waals surface area (Å²) in [6.45, 7) is 3.90. The van der Waals surface area contributed by atoms with E-state index in [0.717, 1.165) is 66.8 Å². The fourth-order valence-electron chi connectivity index (χ4n) is 6.23. The number of fused-ring (bicyclic) bond motifs is 2. The molecule has 0 aliphatic carbocycles. The van der Waals surface area contributed by atoms with Crippen molar-refractivity contribution in [2.45, 2.75) is 44.8 Å². The average molecular weight is 568 g/mol. The van der Waals surface area contributed by atoms with Crippen molar-refractivity contribution in [3.05, 3.63) is 76.1 Å². The van der Waals surface area contributed by atoms with E-state index in [1.165, 1.54) is 16.4 Å². The van der Waals surface area contributed by atoms with Crippen molar-refractivity contribution in [1.82, 2.24) is 28.1 Å². The van der Waals surface area contributed by atoms with Crippen LogP contribution < -0.4 is 10.8 Å². The zero-order valence-electron chi connectivity index (χ0n) is 22.5. The van der Waals surface area contributed by atoms with Crippen LogP contribution in [0.5, 0.6) is 0 Å². The van der Waals surface area contributed by atoms with Crippen LogP contribution in [0.25, 0.3) is 22.3 Å². The Hall–Kier alpha value is -3.32. The molecule has 4 heterocycles. The molecule has 2 aliphatic heterocycles. The van der Waals surface area contributed by atoms with Crippen molar-refractivity contribution in [2.75, 3.05) is 26.2 Å². The number of likely N-dealkylation sites (tertiary alicyclic amines) is 1. The molecule has 2 aliphatic rings. The fourth-order valence-corrected chi connectivity index (χ4v) is 6.88. The minimum Gasteiger partial charge on any atom is -0.303 e. The predicted molar refractivity (Wildman–Crippen MR) is 151 cm³/mol. The molecule has 1 fully saturated rings. The van der Waals surface area contributed by atoms with Crippen molar-refractivity contribution >= 4 is 21.2 Å². The molecule has 0 saturated carbocycles. The number of nitrogens with zero attached hydrogens (tertiary/aromatic N) is 6. The first kappa shape index (κ1) is 26.9. The third-order valence-electron chi connectivity index (χ3n) is 8.34. The van der Waals surface area contributed by atoms with Crippen LogP contribution in [0, 0.1) is 5.82 Å². The van der Waals surface area contributed by atoms with Crippen molar-refractivity contribution in [3.8, 4) is 11.3 Å². The SMILES string of the molecule is Cn1c(=O)n(C2CCN(CCCn3nc(-c4ccc(F)cc4)c4c3CCN(S(N)(=O)=O)C4)CC2)c2ccccc21. The van der Waals surface area contributed by atoms with Gasteiger partial charge in [-0.05, 0) is 62.2 Å². The molecule has 0 bridgehead atoms. The molecule has 12 heteroatoms. The molecule has 0 unspecified atom stereocenters. The Labute approximate surface area is 232 Å². The number of piperidine rings is 1. The van der Waals surface area contributed by atoms with Gasteiger partial charge in [0.1, 0.15) is 5.82 Å². The summed E-state index contributed by atoms with van der Waals surface area (Å²) in [7, 11) is -2.00. The second-order valence-corrected chi connectivity index (χ2v) is 12.3. The fraction of sp³-hybridized carbons (Fsp3) is 0.429. The summed E-state index contributed by atoms with van der Waals surface area (Å²) in [5.41, 5.74) is 5.25. The standard InChI is InChI=1S/C28H34FN7O3S/c1-32-25-5-2-3-6-26(25)36(28(32)37)22-11-16-33(17-12-22)14-4-15-35-24-13-18-34(40(30,38)39)19-23(24)27(31-35)20-7-9-21(29)10-8-20/h2-3,5-10,22H,4,11-19H2,1H3,(H2,30,38,39). The Balaban J connectivity index is 1.13. The molecular formula is C28H34FN7O3S. The highest BCUT2D eigenvalue weighted by molar-refractivity contribution is 7.86. The second-order valence-electron chi connectivity index (χ2n) is 10.8. The summed E-state index contributed by atoms with van der Waals surface area (Å²) in [6.07, 6.45) is 3.24. The summed E-state index contributed by atoms with van der Waals surface area (Å²) in [5, 5.41) is 10.3. The number of nitrogens with two attached hydrogens (primary N) is 1. The molecule has 2 aromatic carbocycles. The normalized spacial score (nSPS) is 17.5. The van der Waals surface area contributed by atoms with E-state index in [1.54, 1.807) is 16.7 Å². The molecule has 6 rings (SSSR count). The summed E-state index contributed by atoms with van der Waals surface area (Å²) in [4.78, 5) is 15.4. The van der Waals surface area contributed by atoms with E-state index in [9.17, 15) is 17.6 Å². The van der Waals surface area contributed by atoms with E-state index in [1.807, 2.05) is 40.6 Å². The first-order valence-corrected chi connectivity index (χ1v) is 15.2. The summed E-state index contributed by atoms with van der Waals surface area (Å²) < 4.78 is 44.6. The molecule has 0 atom stereocenters. The third-order valence-corrected chi connectivity index (χ3v) is 9.37. The monoisotopic (exact) mass is 567 g/mol. The van der Waals surface area contributed by atoms with Gasteiger partial charge in [0.2, 0.25) is 0 Å². The van der Waals surface area contributed by atoms with Gasteiger partial charge in [0.05, 0.1) is 16.7 Å². The smallest absolute Gasteiger partial charge is 0.303 e. The average Bonchev–Trinajstić information content (AvgIpc) is 3.43. The number of aromatic nitrogens is 4. The van der Waals surface area contributed by atoms with E-state index >= 15 is 0 Å². The van der Waals surface area contributed by atoms with Crippen molar-refractivity contribution in [3.63, 3.8) is 0 Å². The van der Waals surface area contributed by atoms with Gasteiger partial charge in [-0.15, -0.1) is 0 Å². The van der Waals surface area contributed by atoms with Gasteiger partial charge < -0.3 is 4.90 Å². The zero-order valence-corrected chi connectivity index (χ0v) is 23.4. The molecule has 10 nitrogen and oxygen atoms in total. The third kappa shape index (κ3) is 5.00. The maximum atomic E-state index is 13.6. The van der Waals surface area contributed by atoms with Crippen molar-refractivity contribution in [1.29, 1.82) is 0 Å². The molecule has 4 aromatic rings. The van der Waals surface area contributed by atoms with Crippen molar-refractivity contribution in [2.24, 2.45) is 12.2 Å². The maximum Gasteiger partial charge on any atom is 0.329 e. The van der Waals surface area contributed by atoms with Gasteiger partial charge in [-0.1, -0.05) is 12.1 Å². The first-order chi connectivity index (χ1) is 19.2. The predicted octanol–water partition coefficient (Wildman–Crippen LogP) is 2.63. The van der Waals surface area contributed by atoms with Crippen LogP contribution in [0.4, 0.5) is 4.39 Å².